The van der Waals surface area contributed by atoms with Gasteiger partial charge in [0.2, 0.25) is 0 Å². The van der Waals surface area contributed by atoms with E-state index >= 15 is 0 Å². The molecule has 0 atom stereocenters. The summed E-state index contributed by atoms with van der Waals surface area (Å²) in [6.45, 7) is 1.90. The van der Waals surface area contributed by atoms with E-state index in [0.29, 0.717) is 17.3 Å². The Morgan fingerprint density at radius 2 is 2.21 bits per heavy atom. The fourth-order valence-electron chi connectivity index (χ4n) is 1.62. The number of halogens is 1. The Morgan fingerprint density at radius 3 is 2.84 bits per heavy atom. The van der Waals surface area contributed by atoms with Crippen molar-refractivity contribution in [1.29, 1.82) is 0 Å². The summed E-state index contributed by atoms with van der Waals surface area (Å²) in [6, 6.07) is 4.23. The Kier molecular flexibility index (Phi) is 3.68. The zero-order chi connectivity index (χ0) is 14.0. The molecule has 0 amide bonds. The summed E-state index contributed by atoms with van der Waals surface area (Å²) >= 11 is 5.75. The molecule has 0 aliphatic carbocycles. The lowest BCUT2D eigenvalue weighted by molar-refractivity contribution is 0.601. The highest BCUT2D eigenvalue weighted by Gasteiger charge is 2.19. The number of anilines is 2. The SMILES string of the molecule is CCc1cn[nH]c1NS(=O)(=O)c1ccc(Cl)cc1N. The highest BCUT2D eigenvalue weighted by Crippen LogP contribution is 2.25. The highest BCUT2D eigenvalue weighted by atomic mass is 35.5. The Labute approximate surface area is 116 Å². The highest BCUT2D eigenvalue weighted by molar-refractivity contribution is 7.92. The second-order valence-corrected chi connectivity index (χ2v) is 6.00. The van der Waals surface area contributed by atoms with Crippen LogP contribution >= 0.6 is 11.6 Å². The van der Waals surface area contributed by atoms with E-state index in [9.17, 15) is 8.42 Å². The Morgan fingerprint density at radius 1 is 1.47 bits per heavy atom. The van der Waals surface area contributed by atoms with Crippen molar-refractivity contribution in [1.82, 2.24) is 10.2 Å². The van der Waals surface area contributed by atoms with Gasteiger partial charge in [-0.15, -0.1) is 0 Å². The largest absolute Gasteiger partial charge is 0.398 e. The third kappa shape index (κ3) is 2.82. The first-order chi connectivity index (χ1) is 8.94. The van der Waals surface area contributed by atoms with E-state index < -0.39 is 10.0 Å². The van der Waals surface area contributed by atoms with Crippen LogP contribution in [0, 0.1) is 0 Å². The number of aromatic amines is 1. The van der Waals surface area contributed by atoms with Crippen LogP contribution in [0.15, 0.2) is 29.3 Å². The maximum Gasteiger partial charge on any atom is 0.265 e. The topological polar surface area (TPSA) is 101 Å². The van der Waals surface area contributed by atoms with Gasteiger partial charge in [-0.2, -0.15) is 5.10 Å². The van der Waals surface area contributed by atoms with Crippen molar-refractivity contribution in [3.63, 3.8) is 0 Å². The predicted molar refractivity (Wildman–Crippen MR) is 74.6 cm³/mol. The molecule has 1 heterocycles. The smallest absolute Gasteiger partial charge is 0.265 e. The molecule has 19 heavy (non-hydrogen) atoms. The predicted octanol–water partition coefficient (Wildman–Crippen LogP) is 2.01. The zero-order valence-electron chi connectivity index (χ0n) is 10.1. The van der Waals surface area contributed by atoms with Gasteiger partial charge in [0.15, 0.2) is 0 Å². The number of aryl methyl sites for hydroxylation is 1. The van der Waals surface area contributed by atoms with Gasteiger partial charge in [-0.05, 0) is 24.6 Å². The van der Waals surface area contributed by atoms with Gasteiger partial charge in [0.1, 0.15) is 10.7 Å². The van der Waals surface area contributed by atoms with Crippen LogP contribution in [0.3, 0.4) is 0 Å². The average Bonchev–Trinajstić information content (AvgIpc) is 2.74. The van der Waals surface area contributed by atoms with Crippen molar-refractivity contribution in [2.75, 3.05) is 10.5 Å². The van der Waals surface area contributed by atoms with Crippen molar-refractivity contribution in [2.45, 2.75) is 18.2 Å². The quantitative estimate of drug-likeness (QED) is 0.752. The van der Waals surface area contributed by atoms with Crippen molar-refractivity contribution < 1.29 is 8.42 Å². The van der Waals surface area contributed by atoms with Crippen LogP contribution in [-0.4, -0.2) is 18.6 Å². The summed E-state index contributed by atoms with van der Waals surface area (Å²) in [7, 11) is -3.77. The lowest BCUT2D eigenvalue weighted by Gasteiger charge is -2.10. The van der Waals surface area contributed by atoms with Crippen molar-refractivity contribution in [3.05, 3.63) is 35.0 Å². The van der Waals surface area contributed by atoms with E-state index in [4.69, 9.17) is 17.3 Å². The second kappa shape index (κ2) is 5.10. The molecule has 8 heteroatoms. The molecular formula is C11H13ClN4O2S. The Balaban J connectivity index is 2.38. The fourth-order valence-corrected chi connectivity index (χ4v) is 2.97. The minimum Gasteiger partial charge on any atom is -0.398 e. The van der Waals surface area contributed by atoms with E-state index in [1.54, 1.807) is 6.20 Å². The number of rotatable bonds is 4. The summed E-state index contributed by atoms with van der Waals surface area (Å²) in [5.41, 5.74) is 6.55. The molecule has 4 N–H and O–H groups in total. The van der Waals surface area contributed by atoms with Gasteiger partial charge in [-0.3, -0.25) is 9.82 Å². The monoisotopic (exact) mass is 300 g/mol. The van der Waals surface area contributed by atoms with Crippen LogP contribution < -0.4 is 10.5 Å². The number of nitrogens with one attached hydrogen (secondary N) is 2. The summed E-state index contributed by atoms with van der Waals surface area (Å²) < 4.78 is 26.9. The lowest BCUT2D eigenvalue weighted by Crippen LogP contribution is -2.16. The minimum atomic E-state index is -3.77. The van der Waals surface area contributed by atoms with Crippen LogP contribution in [-0.2, 0) is 16.4 Å². The maximum absolute atomic E-state index is 12.2. The van der Waals surface area contributed by atoms with Gasteiger partial charge in [0.25, 0.3) is 10.0 Å². The molecule has 0 fully saturated rings. The molecule has 0 saturated carbocycles. The average molecular weight is 301 g/mol. The number of benzene rings is 1. The first kappa shape index (κ1) is 13.7. The molecule has 102 valence electrons. The van der Waals surface area contributed by atoms with Gasteiger partial charge in [-0.25, -0.2) is 8.42 Å². The molecule has 6 nitrogen and oxygen atoms in total. The molecule has 0 aliphatic heterocycles. The standard InChI is InChI=1S/C11H13ClN4O2S/c1-2-7-6-14-15-11(7)16-19(17,18)10-4-3-8(12)5-9(10)13/h3-6H,2,13H2,1H3,(H2,14,15,16). The van der Waals surface area contributed by atoms with Gasteiger partial charge in [-0.1, -0.05) is 18.5 Å². The number of sulfonamides is 1. The zero-order valence-corrected chi connectivity index (χ0v) is 11.7. The van der Waals surface area contributed by atoms with Crippen LogP contribution in [0.4, 0.5) is 11.5 Å². The van der Waals surface area contributed by atoms with E-state index in [-0.39, 0.29) is 10.6 Å². The second-order valence-electron chi connectivity index (χ2n) is 3.91. The molecular weight excluding hydrogens is 288 g/mol. The van der Waals surface area contributed by atoms with Gasteiger partial charge in [0, 0.05) is 10.6 Å². The van der Waals surface area contributed by atoms with E-state index in [1.165, 1.54) is 18.2 Å². The maximum atomic E-state index is 12.2. The summed E-state index contributed by atoms with van der Waals surface area (Å²) in [5.74, 6) is 0.344. The van der Waals surface area contributed by atoms with Gasteiger partial charge < -0.3 is 5.73 Å². The number of nitrogens with two attached hydrogens (primary N) is 1. The number of aromatic nitrogens is 2. The van der Waals surface area contributed by atoms with Crippen LogP contribution in [0.2, 0.25) is 5.02 Å². The molecule has 1 aromatic heterocycles. The molecule has 1 aromatic carbocycles. The first-order valence-corrected chi connectivity index (χ1v) is 7.40. The van der Waals surface area contributed by atoms with Crippen molar-refractivity contribution >= 4 is 33.1 Å². The number of nitrogen functional groups attached to an aromatic ring is 1. The molecule has 0 radical (unpaired) electrons. The summed E-state index contributed by atoms with van der Waals surface area (Å²) in [4.78, 5) is -0.0199. The van der Waals surface area contributed by atoms with E-state index in [1.807, 2.05) is 6.92 Å². The fraction of sp³-hybridized carbons (Fsp3) is 0.182. The van der Waals surface area contributed by atoms with Crippen molar-refractivity contribution in [2.24, 2.45) is 0 Å². The summed E-state index contributed by atoms with van der Waals surface area (Å²) in [6.07, 6.45) is 2.23. The lowest BCUT2D eigenvalue weighted by atomic mass is 10.3. The minimum absolute atomic E-state index is 0.0199. The molecule has 2 rings (SSSR count). The number of hydrogen-bond donors (Lipinski definition) is 3. The molecule has 0 spiro atoms. The van der Waals surface area contributed by atoms with Crippen LogP contribution in [0.1, 0.15) is 12.5 Å². The third-order valence-electron chi connectivity index (χ3n) is 2.60. The third-order valence-corrected chi connectivity index (χ3v) is 4.26. The van der Waals surface area contributed by atoms with Gasteiger partial charge >= 0.3 is 0 Å². The molecule has 0 unspecified atom stereocenters. The normalized spacial score (nSPS) is 11.5. The molecule has 0 bridgehead atoms. The first-order valence-electron chi connectivity index (χ1n) is 5.54. The van der Waals surface area contributed by atoms with Gasteiger partial charge in [0.05, 0.1) is 11.9 Å². The molecule has 0 aliphatic rings. The van der Waals surface area contributed by atoms with E-state index in [0.717, 1.165) is 5.56 Å². The Bertz CT molecular complexity index is 696. The number of hydrogen-bond acceptors (Lipinski definition) is 4. The Hall–Kier alpha value is -1.73. The summed E-state index contributed by atoms with van der Waals surface area (Å²) in [5, 5.41) is 6.79. The molecule has 0 saturated heterocycles. The number of H-pyrrole nitrogens is 1. The van der Waals surface area contributed by atoms with Crippen molar-refractivity contribution in [3.8, 4) is 0 Å². The van der Waals surface area contributed by atoms with E-state index in [2.05, 4.69) is 14.9 Å². The van der Waals surface area contributed by atoms with Crippen LogP contribution in [0.5, 0.6) is 0 Å². The molecule has 2 aromatic rings. The van der Waals surface area contributed by atoms with Crippen LogP contribution in [0.25, 0.3) is 0 Å². The number of nitrogens with zero attached hydrogens (tertiary/aromatic N) is 1.